The molecular formula is C22H18N2O6. The van der Waals surface area contributed by atoms with Crippen LogP contribution in [0.3, 0.4) is 0 Å². The van der Waals surface area contributed by atoms with Crippen LogP contribution in [0.15, 0.2) is 64.2 Å². The zero-order chi connectivity index (χ0) is 21.1. The Hall–Kier alpha value is -4.07. The second kappa shape index (κ2) is 8.12. The maximum Gasteiger partial charge on any atom is 0.331 e. The molecule has 0 aliphatic carbocycles. The maximum absolute atomic E-state index is 12.6. The Morgan fingerprint density at radius 3 is 2.67 bits per heavy atom. The van der Waals surface area contributed by atoms with E-state index in [2.05, 4.69) is 4.98 Å². The van der Waals surface area contributed by atoms with E-state index in [4.69, 9.17) is 9.47 Å². The first-order valence-electron chi connectivity index (χ1n) is 9.25. The van der Waals surface area contributed by atoms with E-state index in [1.807, 2.05) is 30.3 Å². The molecule has 0 fully saturated rings. The Morgan fingerprint density at radius 1 is 1.10 bits per heavy atom. The van der Waals surface area contributed by atoms with E-state index in [1.54, 1.807) is 18.2 Å². The van der Waals surface area contributed by atoms with E-state index in [0.29, 0.717) is 23.5 Å². The minimum Gasteiger partial charge on any atom is -0.494 e. The van der Waals surface area contributed by atoms with E-state index < -0.39 is 28.5 Å². The third-order valence-corrected chi connectivity index (χ3v) is 4.71. The first-order valence-corrected chi connectivity index (χ1v) is 9.25. The lowest BCUT2D eigenvalue weighted by Gasteiger charge is -2.10. The largest absolute Gasteiger partial charge is 0.494 e. The van der Waals surface area contributed by atoms with Gasteiger partial charge in [0.1, 0.15) is 5.56 Å². The van der Waals surface area contributed by atoms with Gasteiger partial charge in [-0.1, -0.05) is 42.5 Å². The third kappa shape index (κ3) is 3.88. The summed E-state index contributed by atoms with van der Waals surface area (Å²) in [5.41, 5.74) is -0.593. The topological polar surface area (TPSA) is 111 Å². The molecule has 3 aromatic rings. The van der Waals surface area contributed by atoms with Gasteiger partial charge in [0.15, 0.2) is 17.3 Å². The van der Waals surface area contributed by atoms with Crippen molar-refractivity contribution in [1.82, 2.24) is 9.55 Å². The normalized spacial score (nSPS) is 12.4. The lowest BCUT2D eigenvalue weighted by Crippen LogP contribution is -2.34. The number of aromatic hydroxyl groups is 1. The number of ketones is 1. The Bertz CT molecular complexity index is 1240. The van der Waals surface area contributed by atoms with Gasteiger partial charge in [0.25, 0.3) is 5.56 Å². The summed E-state index contributed by atoms with van der Waals surface area (Å²) >= 11 is 0. The predicted molar refractivity (Wildman–Crippen MR) is 109 cm³/mol. The van der Waals surface area contributed by atoms with Gasteiger partial charge in [-0.05, 0) is 35.8 Å². The number of hydrogen-bond acceptors (Lipinski definition) is 6. The molecule has 2 heterocycles. The molecular weight excluding hydrogens is 388 g/mol. The molecule has 0 atom stereocenters. The van der Waals surface area contributed by atoms with E-state index in [9.17, 15) is 19.5 Å². The SMILES string of the molecule is O=C(/C=C/c1ccc2c(c1)OCO2)c1c(O)n(CCc2ccccc2)c(=O)[nH]c1=O. The molecule has 1 aliphatic rings. The molecule has 8 nitrogen and oxygen atoms in total. The highest BCUT2D eigenvalue weighted by Gasteiger charge is 2.19. The minimum absolute atomic E-state index is 0.109. The molecule has 1 aromatic heterocycles. The Labute approximate surface area is 170 Å². The summed E-state index contributed by atoms with van der Waals surface area (Å²) in [6.45, 7) is 0.243. The van der Waals surface area contributed by atoms with Crippen molar-refractivity contribution in [2.24, 2.45) is 0 Å². The molecule has 0 spiro atoms. The molecule has 0 radical (unpaired) electrons. The molecule has 0 bridgehead atoms. The fourth-order valence-corrected chi connectivity index (χ4v) is 3.15. The molecule has 30 heavy (non-hydrogen) atoms. The molecule has 152 valence electrons. The number of nitrogens with one attached hydrogen (secondary N) is 1. The smallest absolute Gasteiger partial charge is 0.331 e. The summed E-state index contributed by atoms with van der Waals surface area (Å²) < 4.78 is 11.5. The van der Waals surface area contributed by atoms with Gasteiger partial charge in [0.2, 0.25) is 12.7 Å². The summed E-state index contributed by atoms with van der Waals surface area (Å²) in [4.78, 5) is 39.0. The number of rotatable bonds is 6. The van der Waals surface area contributed by atoms with E-state index in [0.717, 1.165) is 16.2 Å². The lowest BCUT2D eigenvalue weighted by molar-refractivity contribution is 0.104. The molecule has 0 amide bonds. The van der Waals surface area contributed by atoms with Crippen LogP contribution < -0.4 is 20.7 Å². The Morgan fingerprint density at radius 2 is 1.87 bits per heavy atom. The van der Waals surface area contributed by atoms with Crippen molar-refractivity contribution >= 4 is 11.9 Å². The second-order valence-corrected chi connectivity index (χ2v) is 6.66. The van der Waals surface area contributed by atoms with Gasteiger partial charge in [-0.3, -0.25) is 19.1 Å². The van der Waals surface area contributed by atoms with E-state index in [1.165, 1.54) is 6.08 Å². The zero-order valence-corrected chi connectivity index (χ0v) is 15.8. The molecule has 0 unspecified atom stereocenters. The van der Waals surface area contributed by atoms with Crippen LogP contribution in [0.4, 0.5) is 0 Å². The summed E-state index contributed by atoms with van der Waals surface area (Å²) in [6.07, 6.45) is 3.09. The number of H-pyrrole nitrogens is 1. The highest BCUT2D eigenvalue weighted by atomic mass is 16.7. The highest BCUT2D eigenvalue weighted by molar-refractivity contribution is 6.08. The summed E-state index contributed by atoms with van der Waals surface area (Å²) in [6, 6.07) is 14.5. The first-order chi connectivity index (χ1) is 14.5. The maximum atomic E-state index is 12.6. The highest BCUT2D eigenvalue weighted by Crippen LogP contribution is 2.32. The number of benzene rings is 2. The van der Waals surface area contributed by atoms with Gasteiger partial charge in [-0.15, -0.1) is 0 Å². The standard InChI is InChI=1S/C22H18N2O6/c25-16(8-6-15-7-9-17-18(12-15)30-13-29-17)19-20(26)23-22(28)24(21(19)27)11-10-14-4-2-1-3-5-14/h1-9,12,27H,10-11,13H2,(H,23,26,28)/b8-6+. The Balaban J connectivity index is 1.59. The minimum atomic E-state index is -0.936. The molecule has 8 heteroatoms. The van der Waals surface area contributed by atoms with Crippen molar-refractivity contribution in [3.05, 3.63) is 92.1 Å². The number of aromatic amines is 1. The fourth-order valence-electron chi connectivity index (χ4n) is 3.15. The van der Waals surface area contributed by atoms with Crippen molar-refractivity contribution in [1.29, 1.82) is 0 Å². The number of allylic oxidation sites excluding steroid dienone is 1. The van der Waals surface area contributed by atoms with Crippen LogP contribution in [0.5, 0.6) is 17.4 Å². The zero-order valence-electron chi connectivity index (χ0n) is 15.8. The summed E-state index contributed by atoms with van der Waals surface area (Å²) in [5, 5.41) is 10.5. The molecule has 1 aliphatic heterocycles. The molecule has 0 saturated carbocycles. The van der Waals surface area contributed by atoms with Crippen LogP contribution in [0.25, 0.3) is 6.08 Å². The molecule has 2 aromatic carbocycles. The van der Waals surface area contributed by atoms with Crippen LogP contribution in [-0.2, 0) is 13.0 Å². The van der Waals surface area contributed by atoms with Crippen molar-refractivity contribution in [2.45, 2.75) is 13.0 Å². The van der Waals surface area contributed by atoms with Crippen molar-refractivity contribution in [3.8, 4) is 17.4 Å². The van der Waals surface area contributed by atoms with Gasteiger partial charge in [0.05, 0.1) is 0 Å². The van der Waals surface area contributed by atoms with Crippen molar-refractivity contribution in [2.75, 3.05) is 6.79 Å². The first kappa shape index (κ1) is 19.3. The third-order valence-electron chi connectivity index (χ3n) is 4.71. The fraction of sp³-hybridized carbons (Fsp3) is 0.136. The number of carbonyl (C=O) groups is 1. The summed E-state index contributed by atoms with van der Waals surface area (Å²) in [7, 11) is 0. The van der Waals surface area contributed by atoms with Gasteiger partial charge in [-0.25, -0.2) is 4.79 Å². The van der Waals surface area contributed by atoms with Gasteiger partial charge < -0.3 is 14.6 Å². The molecule has 0 saturated heterocycles. The van der Waals surface area contributed by atoms with Gasteiger partial charge >= 0.3 is 5.69 Å². The quantitative estimate of drug-likeness (QED) is 0.479. The van der Waals surface area contributed by atoms with Crippen molar-refractivity contribution in [3.63, 3.8) is 0 Å². The average molecular weight is 406 g/mol. The number of nitrogens with zero attached hydrogens (tertiary/aromatic N) is 1. The number of aryl methyl sites for hydroxylation is 1. The van der Waals surface area contributed by atoms with E-state index in [-0.39, 0.29) is 13.3 Å². The number of hydrogen-bond donors (Lipinski definition) is 2. The number of ether oxygens (including phenoxy) is 2. The number of fused-ring (bicyclic) bond motifs is 1. The molecule has 4 rings (SSSR count). The van der Waals surface area contributed by atoms with Gasteiger partial charge in [0, 0.05) is 6.54 Å². The number of aromatic nitrogens is 2. The molecule has 2 N–H and O–H groups in total. The van der Waals surface area contributed by atoms with E-state index >= 15 is 0 Å². The van der Waals surface area contributed by atoms with Gasteiger partial charge in [-0.2, -0.15) is 0 Å². The van der Waals surface area contributed by atoms with Crippen LogP contribution in [-0.4, -0.2) is 27.2 Å². The monoisotopic (exact) mass is 406 g/mol. The van der Waals surface area contributed by atoms with Crippen LogP contribution in [0.1, 0.15) is 21.5 Å². The van der Waals surface area contributed by atoms with Crippen molar-refractivity contribution < 1.29 is 19.4 Å². The average Bonchev–Trinajstić information content (AvgIpc) is 3.20. The van der Waals surface area contributed by atoms with Crippen LogP contribution >= 0.6 is 0 Å². The number of carbonyl (C=O) groups excluding carboxylic acids is 1. The second-order valence-electron chi connectivity index (χ2n) is 6.66. The van der Waals surface area contributed by atoms with Crippen LogP contribution in [0, 0.1) is 0 Å². The lowest BCUT2D eigenvalue weighted by atomic mass is 10.1. The van der Waals surface area contributed by atoms with Crippen LogP contribution in [0.2, 0.25) is 0 Å². The Kier molecular flexibility index (Phi) is 5.21. The summed E-state index contributed by atoms with van der Waals surface area (Å²) in [5.74, 6) is -0.210. The predicted octanol–water partition coefficient (Wildman–Crippen LogP) is 2.11.